The lowest BCUT2D eigenvalue weighted by atomic mass is 10.2. The summed E-state index contributed by atoms with van der Waals surface area (Å²) in [5, 5.41) is 0.587. The van der Waals surface area contributed by atoms with E-state index >= 15 is 0 Å². The highest BCUT2D eigenvalue weighted by Gasteiger charge is 2.00. The Bertz CT molecular complexity index is 580. The Morgan fingerprint density at radius 3 is 2.93 bits per heavy atom. The Labute approximate surface area is 86.5 Å². The van der Waals surface area contributed by atoms with Gasteiger partial charge in [0.25, 0.3) is 5.56 Å². The smallest absolute Gasteiger partial charge is 0.259 e. The minimum atomic E-state index is -0.145. The van der Waals surface area contributed by atoms with Gasteiger partial charge < -0.3 is 10.7 Å². The van der Waals surface area contributed by atoms with E-state index in [0.29, 0.717) is 22.4 Å². The first-order valence-corrected chi connectivity index (χ1v) is 4.59. The van der Waals surface area contributed by atoms with Crippen molar-refractivity contribution in [3.8, 4) is 0 Å². The number of allylic oxidation sites excluding steroid dienone is 1. The van der Waals surface area contributed by atoms with Crippen LogP contribution in [0.4, 0.5) is 0 Å². The topological polar surface area (TPSA) is 71.8 Å². The molecule has 0 fully saturated rings. The van der Waals surface area contributed by atoms with Crippen molar-refractivity contribution < 1.29 is 0 Å². The van der Waals surface area contributed by atoms with Crippen LogP contribution in [0.5, 0.6) is 0 Å². The number of rotatable bonds is 1. The average molecular weight is 201 g/mol. The van der Waals surface area contributed by atoms with Gasteiger partial charge in [-0.2, -0.15) is 0 Å². The van der Waals surface area contributed by atoms with Crippen LogP contribution in [0.25, 0.3) is 17.0 Å². The normalized spacial score (nSPS) is 11.9. The zero-order valence-electron chi connectivity index (χ0n) is 8.32. The lowest BCUT2D eigenvalue weighted by Gasteiger charge is -1.98. The molecule has 0 atom stereocenters. The minimum absolute atomic E-state index is 0.145. The quantitative estimate of drug-likeness (QED) is 0.729. The number of nitrogens with zero attached hydrogens (tertiary/aromatic N) is 1. The first-order valence-electron chi connectivity index (χ1n) is 4.59. The second kappa shape index (κ2) is 3.57. The van der Waals surface area contributed by atoms with E-state index in [4.69, 9.17) is 5.73 Å². The molecule has 1 aromatic carbocycles. The summed E-state index contributed by atoms with van der Waals surface area (Å²) in [6.07, 6.45) is 1.63. The number of hydrogen-bond donors (Lipinski definition) is 2. The zero-order valence-corrected chi connectivity index (χ0v) is 8.32. The van der Waals surface area contributed by atoms with Crippen LogP contribution in [0.15, 0.2) is 34.8 Å². The van der Waals surface area contributed by atoms with Crippen LogP contribution in [0.3, 0.4) is 0 Å². The third-order valence-corrected chi connectivity index (χ3v) is 2.00. The predicted octanol–water partition coefficient (Wildman–Crippen LogP) is 1.24. The summed E-state index contributed by atoms with van der Waals surface area (Å²) in [4.78, 5) is 18.5. The maximum atomic E-state index is 11.6. The number of nitrogens with one attached hydrogen (secondary N) is 1. The molecule has 0 radical (unpaired) electrons. The molecule has 0 unspecified atom stereocenters. The van der Waals surface area contributed by atoms with Gasteiger partial charge >= 0.3 is 0 Å². The highest BCUT2D eigenvalue weighted by atomic mass is 16.1. The molecule has 0 aliphatic rings. The van der Waals surface area contributed by atoms with Crippen molar-refractivity contribution in [2.75, 3.05) is 0 Å². The van der Waals surface area contributed by atoms with Gasteiger partial charge in [0, 0.05) is 5.70 Å². The number of para-hydroxylation sites is 1. The first-order chi connectivity index (χ1) is 7.16. The summed E-state index contributed by atoms with van der Waals surface area (Å²) < 4.78 is 0. The molecule has 3 N–H and O–H groups in total. The molecule has 76 valence electrons. The fourth-order valence-electron chi connectivity index (χ4n) is 1.39. The lowest BCUT2D eigenvalue weighted by molar-refractivity contribution is 1.13. The molecule has 0 saturated heterocycles. The molecule has 2 rings (SSSR count). The third kappa shape index (κ3) is 1.88. The van der Waals surface area contributed by atoms with E-state index in [9.17, 15) is 4.79 Å². The highest BCUT2D eigenvalue weighted by molar-refractivity contribution is 5.77. The average Bonchev–Trinajstić information content (AvgIpc) is 2.16. The molecule has 0 aliphatic carbocycles. The van der Waals surface area contributed by atoms with E-state index in [0.717, 1.165) is 0 Å². The highest BCUT2D eigenvalue weighted by Crippen LogP contribution is 2.06. The van der Waals surface area contributed by atoms with E-state index in [2.05, 4.69) is 9.97 Å². The van der Waals surface area contributed by atoms with E-state index < -0.39 is 0 Å². The van der Waals surface area contributed by atoms with Crippen molar-refractivity contribution in [3.05, 3.63) is 46.1 Å². The van der Waals surface area contributed by atoms with Gasteiger partial charge in [-0.1, -0.05) is 12.1 Å². The van der Waals surface area contributed by atoms with E-state index in [-0.39, 0.29) is 5.56 Å². The van der Waals surface area contributed by atoms with Crippen LogP contribution < -0.4 is 11.3 Å². The second-order valence-electron chi connectivity index (χ2n) is 3.36. The van der Waals surface area contributed by atoms with Crippen LogP contribution in [0, 0.1) is 0 Å². The summed E-state index contributed by atoms with van der Waals surface area (Å²) in [5.41, 5.74) is 6.65. The summed E-state index contributed by atoms with van der Waals surface area (Å²) >= 11 is 0. The van der Waals surface area contributed by atoms with Gasteiger partial charge in [-0.05, 0) is 25.1 Å². The van der Waals surface area contributed by atoms with Crippen LogP contribution in [-0.2, 0) is 0 Å². The fourth-order valence-corrected chi connectivity index (χ4v) is 1.39. The van der Waals surface area contributed by atoms with Crippen molar-refractivity contribution in [3.63, 3.8) is 0 Å². The summed E-state index contributed by atoms with van der Waals surface area (Å²) in [5.74, 6) is 0.485. The molecule has 1 aromatic heterocycles. The molecule has 0 aliphatic heterocycles. The molecule has 2 aromatic rings. The number of benzene rings is 1. The molecule has 4 nitrogen and oxygen atoms in total. The molecular formula is C11H11N3O. The van der Waals surface area contributed by atoms with Crippen LogP contribution in [-0.4, -0.2) is 9.97 Å². The van der Waals surface area contributed by atoms with Gasteiger partial charge in [-0.15, -0.1) is 0 Å². The minimum Gasteiger partial charge on any atom is -0.402 e. The van der Waals surface area contributed by atoms with Crippen LogP contribution in [0.2, 0.25) is 0 Å². The van der Waals surface area contributed by atoms with Gasteiger partial charge in [-0.3, -0.25) is 4.79 Å². The van der Waals surface area contributed by atoms with Gasteiger partial charge in [0.2, 0.25) is 0 Å². The Balaban J connectivity index is 2.73. The summed E-state index contributed by atoms with van der Waals surface area (Å²) in [6, 6.07) is 7.19. The van der Waals surface area contributed by atoms with E-state index in [1.54, 1.807) is 25.1 Å². The van der Waals surface area contributed by atoms with Crippen LogP contribution in [0.1, 0.15) is 12.7 Å². The van der Waals surface area contributed by atoms with Gasteiger partial charge in [0.05, 0.1) is 10.9 Å². The van der Waals surface area contributed by atoms with Crippen molar-refractivity contribution in [2.45, 2.75) is 6.92 Å². The number of fused-ring (bicyclic) bond motifs is 1. The van der Waals surface area contributed by atoms with Gasteiger partial charge in [0.1, 0.15) is 5.82 Å². The molecule has 0 amide bonds. The number of hydrogen-bond acceptors (Lipinski definition) is 3. The Morgan fingerprint density at radius 1 is 1.47 bits per heavy atom. The van der Waals surface area contributed by atoms with Crippen molar-refractivity contribution in [2.24, 2.45) is 5.73 Å². The van der Waals surface area contributed by atoms with Gasteiger partial charge in [-0.25, -0.2) is 4.98 Å². The largest absolute Gasteiger partial charge is 0.402 e. The van der Waals surface area contributed by atoms with Crippen molar-refractivity contribution in [1.29, 1.82) is 0 Å². The number of nitrogens with two attached hydrogens (primary N) is 1. The molecule has 0 saturated carbocycles. The standard InChI is InChI=1S/C11H11N3O/c1-7(12)6-10-13-9-5-3-2-4-8(9)11(15)14-10/h2-6H,12H2,1H3,(H,13,14,15)/b7-6-. The first kappa shape index (κ1) is 9.45. The zero-order chi connectivity index (χ0) is 10.8. The molecule has 4 heteroatoms. The Kier molecular flexibility index (Phi) is 2.25. The Hall–Kier alpha value is -2.10. The summed E-state index contributed by atoms with van der Waals surface area (Å²) in [6.45, 7) is 1.75. The molecule has 0 bridgehead atoms. The monoisotopic (exact) mass is 201 g/mol. The predicted molar refractivity (Wildman–Crippen MR) is 60.2 cm³/mol. The Morgan fingerprint density at radius 2 is 2.20 bits per heavy atom. The molecule has 15 heavy (non-hydrogen) atoms. The SMILES string of the molecule is C/C(N)=C/c1nc2ccccc2c(=O)[nH]1. The second-order valence-corrected chi connectivity index (χ2v) is 3.36. The van der Waals surface area contributed by atoms with Crippen LogP contribution >= 0.6 is 0 Å². The van der Waals surface area contributed by atoms with Crippen molar-refractivity contribution in [1.82, 2.24) is 9.97 Å². The third-order valence-electron chi connectivity index (χ3n) is 2.00. The number of H-pyrrole nitrogens is 1. The van der Waals surface area contributed by atoms with Crippen molar-refractivity contribution >= 4 is 17.0 Å². The van der Waals surface area contributed by atoms with E-state index in [1.807, 2.05) is 12.1 Å². The van der Waals surface area contributed by atoms with E-state index in [1.165, 1.54) is 0 Å². The summed E-state index contributed by atoms with van der Waals surface area (Å²) in [7, 11) is 0. The maximum Gasteiger partial charge on any atom is 0.259 e. The maximum absolute atomic E-state index is 11.6. The number of aromatic amines is 1. The fraction of sp³-hybridized carbons (Fsp3) is 0.0909. The molecular weight excluding hydrogens is 190 g/mol. The molecule has 0 spiro atoms. The number of aromatic nitrogens is 2. The molecule has 1 heterocycles. The lowest BCUT2D eigenvalue weighted by Crippen LogP contribution is -2.10. The van der Waals surface area contributed by atoms with Gasteiger partial charge in [0.15, 0.2) is 0 Å².